The van der Waals surface area contributed by atoms with Gasteiger partial charge in [0, 0.05) is 25.7 Å². The van der Waals surface area contributed by atoms with Crippen LogP contribution in [0.15, 0.2) is 30.3 Å². The highest BCUT2D eigenvalue weighted by Crippen LogP contribution is 2.48. The molecule has 114 valence electrons. The van der Waals surface area contributed by atoms with E-state index in [1.54, 1.807) is 7.11 Å². The van der Waals surface area contributed by atoms with Crippen LogP contribution in [0.25, 0.3) is 0 Å². The van der Waals surface area contributed by atoms with E-state index < -0.39 is 6.10 Å². The summed E-state index contributed by atoms with van der Waals surface area (Å²) >= 11 is 0. The summed E-state index contributed by atoms with van der Waals surface area (Å²) in [5, 5.41) is 12.7. The Morgan fingerprint density at radius 1 is 1.33 bits per heavy atom. The molecular formula is C17H23NO3. The van der Waals surface area contributed by atoms with Crippen molar-refractivity contribution in [2.75, 3.05) is 13.7 Å². The van der Waals surface area contributed by atoms with Gasteiger partial charge in [0.1, 0.15) is 0 Å². The molecule has 2 aliphatic carbocycles. The van der Waals surface area contributed by atoms with Gasteiger partial charge in [-0.05, 0) is 36.7 Å². The predicted octanol–water partition coefficient (Wildman–Crippen LogP) is 1.90. The number of rotatable bonds is 5. The first kappa shape index (κ1) is 14.5. The largest absolute Gasteiger partial charge is 0.396 e. The molecule has 4 heteroatoms. The van der Waals surface area contributed by atoms with Crippen molar-refractivity contribution >= 4 is 5.91 Å². The first-order valence-corrected chi connectivity index (χ1v) is 7.73. The van der Waals surface area contributed by atoms with Gasteiger partial charge >= 0.3 is 0 Å². The summed E-state index contributed by atoms with van der Waals surface area (Å²) in [6, 6.07) is 9.63. The molecule has 4 nitrogen and oxygen atoms in total. The number of benzene rings is 1. The number of ether oxygens (including phenoxy) is 1. The van der Waals surface area contributed by atoms with Gasteiger partial charge in [-0.25, -0.2) is 0 Å². The van der Waals surface area contributed by atoms with Crippen LogP contribution in [-0.2, 0) is 9.53 Å². The molecule has 1 amide bonds. The lowest BCUT2D eigenvalue weighted by atomic mass is 9.85. The van der Waals surface area contributed by atoms with Crippen molar-refractivity contribution < 1.29 is 14.6 Å². The van der Waals surface area contributed by atoms with E-state index in [0.717, 1.165) is 18.4 Å². The van der Waals surface area contributed by atoms with Crippen LogP contribution in [-0.4, -0.2) is 30.8 Å². The van der Waals surface area contributed by atoms with E-state index in [-0.39, 0.29) is 24.5 Å². The normalized spacial score (nSPS) is 32.1. The molecule has 1 aromatic rings. The Hall–Kier alpha value is -1.39. The third-order valence-corrected chi connectivity index (χ3v) is 5.18. The van der Waals surface area contributed by atoms with Gasteiger partial charge in [-0.15, -0.1) is 0 Å². The summed E-state index contributed by atoms with van der Waals surface area (Å²) in [5.74, 6) is 1.20. The average Bonchev–Trinajstić information content (AvgIpc) is 3.10. The van der Waals surface area contributed by atoms with E-state index in [1.165, 1.54) is 6.42 Å². The van der Waals surface area contributed by atoms with E-state index in [0.29, 0.717) is 11.8 Å². The van der Waals surface area contributed by atoms with Crippen LogP contribution in [0, 0.1) is 17.8 Å². The third kappa shape index (κ3) is 2.70. The van der Waals surface area contributed by atoms with Gasteiger partial charge in [0.15, 0.2) is 6.10 Å². The molecule has 2 saturated carbocycles. The highest BCUT2D eigenvalue weighted by molar-refractivity contribution is 5.82. The summed E-state index contributed by atoms with van der Waals surface area (Å²) in [4.78, 5) is 12.6. The highest BCUT2D eigenvalue weighted by atomic mass is 16.5. The second-order valence-electron chi connectivity index (χ2n) is 6.24. The SMILES string of the molecule is CO[C@H](C(=O)N[C@@H]1[C@H]2CC[C@@H](C2)[C@H]1CO)c1ccccc1. The Bertz CT molecular complexity index is 490. The standard InChI is InChI=1S/C17H23NO3/c1-21-16(11-5-3-2-4-6-11)17(20)18-15-13-8-7-12(9-13)14(15)10-19/h2-6,12-16,19H,7-10H2,1H3,(H,18,20)/t12-,13-,14+,15+,16-/m0/s1. The van der Waals surface area contributed by atoms with E-state index in [9.17, 15) is 9.90 Å². The lowest BCUT2D eigenvalue weighted by Gasteiger charge is -2.31. The van der Waals surface area contributed by atoms with Crippen molar-refractivity contribution in [2.45, 2.75) is 31.4 Å². The molecule has 3 rings (SSSR count). The molecule has 2 bridgehead atoms. The van der Waals surface area contributed by atoms with Gasteiger partial charge in [0.25, 0.3) is 5.91 Å². The maximum absolute atomic E-state index is 12.6. The first-order valence-electron chi connectivity index (χ1n) is 7.73. The van der Waals surface area contributed by atoms with E-state index in [2.05, 4.69) is 5.32 Å². The minimum absolute atomic E-state index is 0.0975. The predicted molar refractivity (Wildman–Crippen MR) is 79.5 cm³/mol. The van der Waals surface area contributed by atoms with Crippen LogP contribution in [0.3, 0.4) is 0 Å². The number of hydrogen-bond donors (Lipinski definition) is 2. The number of carbonyl (C=O) groups excluding carboxylic acids is 1. The molecule has 0 aliphatic heterocycles. The number of fused-ring (bicyclic) bond motifs is 2. The molecule has 2 fully saturated rings. The smallest absolute Gasteiger partial charge is 0.253 e. The minimum atomic E-state index is -0.579. The zero-order chi connectivity index (χ0) is 14.8. The maximum atomic E-state index is 12.6. The molecule has 1 aromatic carbocycles. The van der Waals surface area contributed by atoms with Crippen molar-refractivity contribution in [1.29, 1.82) is 0 Å². The topological polar surface area (TPSA) is 58.6 Å². The Morgan fingerprint density at radius 3 is 2.71 bits per heavy atom. The van der Waals surface area contributed by atoms with Crippen molar-refractivity contribution in [1.82, 2.24) is 5.32 Å². The lowest BCUT2D eigenvalue weighted by molar-refractivity contribution is -0.133. The number of methoxy groups -OCH3 is 1. The third-order valence-electron chi connectivity index (χ3n) is 5.18. The minimum Gasteiger partial charge on any atom is -0.396 e. The van der Waals surface area contributed by atoms with Crippen LogP contribution in [0.2, 0.25) is 0 Å². The highest BCUT2D eigenvalue weighted by Gasteiger charge is 2.48. The van der Waals surface area contributed by atoms with E-state index >= 15 is 0 Å². The molecule has 0 radical (unpaired) electrons. The second-order valence-corrected chi connectivity index (χ2v) is 6.24. The zero-order valence-electron chi connectivity index (χ0n) is 12.4. The van der Waals surface area contributed by atoms with E-state index in [4.69, 9.17) is 4.74 Å². The Kier molecular flexibility index (Phi) is 4.27. The van der Waals surface area contributed by atoms with Crippen LogP contribution in [0.5, 0.6) is 0 Å². The van der Waals surface area contributed by atoms with Crippen molar-refractivity contribution in [3.63, 3.8) is 0 Å². The van der Waals surface area contributed by atoms with Gasteiger partial charge in [-0.2, -0.15) is 0 Å². The van der Waals surface area contributed by atoms with Crippen LogP contribution in [0.1, 0.15) is 30.9 Å². The fraction of sp³-hybridized carbons (Fsp3) is 0.588. The fourth-order valence-corrected chi connectivity index (χ4v) is 4.16. The van der Waals surface area contributed by atoms with Crippen molar-refractivity contribution in [2.24, 2.45) is 17.8 Å². The number of aliphatic hydroxyl groups excluding tert-OH is 1. The molecule has 0 spiro atoms. The van der Waals surface area contributed by atoms with Crippen LogP contribution < -0.4 is 5.32 Å². The Balaban J connectivity index is 1.70. The number of nitrogens with one attached hydrogen (secondary N) is 1. The Morgan fingerprint density at radius 2 is 2.05 bits per heavy atom. The van der Waals surface area contributed by atoms with Crippen molar-refractivity contribution in [3.8, 4) is 0 Å². The van der Waals surface area contributed by atoms with Gasteiger partial charge in [-0.3, -0.25) is 4.79 Å². The van der Waals surface area contributed by atoms with Crippen LogP contribution >= 0.6 is 0 Å². The number of aliphatic hydroxyl groups is 1. The van der Waals surface area contributed by atoms with Crippen LogP contribution in [0.4, 0.5) is 0 Å². The average molecular weight is 289 g/mol. The first-order chi connectivity index (χ1) is 10.2. The molecule has 0 aromatic heterocycles. The van der Waals surface area contributed by atoms with Gasteiger partial charge in [-0.1, -0.05) is 30.3 Å². The molecule has 2 N–H and O–H groups in total. The maximum Gasteiger partial charge on any atom is 0.253 e. The number of hydrogen-bond acceptors (Lipinski definition) is 3. The summed E-state index contributed by atoms with van der Waals surface area (Å²) in [6.07, 6.45) is 2.91. The monoisotopic (exact) mass is 289 g/mol. The molecule has 0 saturated heterocycles. The summed E-state index contributed by atoms with van der Waals surface area (Å²) in [6.45, 7) is 0.162. The number of carbonyl (C=O) groups is 1. The number of amides is 1. The quantitative estimate of drug-likeness (QED) is 0.870. The summed E-state index contributed by atoms with van der Waals surface area (Å²) in [5.41, 5.74) is 0.862. The zero-order valence-corrected chi connectivity index (χ0v) is 12.4. The molecule has 2 aliphatic rings. The van der Waals surface area contributed by atoms with E-state index in [1.807, 2.05) is 30.3 Å². The molecule has 0 unspecified atom stereocenters. The lowest BCUT2D eigenvalue weighted by Crippen LogP contribution is -2.47. The van der Waals surface area contributed by atoms with Gasteiger partial charge in [0.2, 0.25) is 0 Å². The van der Waals surface area contributed by atoms with Gasteiger partial charge in [0.05, 0.1) is 0 Å². The molecule has 0 heterocycles. The van der Waals surface area contributed by atoms with Crippen molar-refractivity contribution in [3.05, 3.63) is 35.9 Å². The van der Waals surface area contributed by atoms with Gasteiger partial charge < -0.3 is 15.2 Å². The molecular weight excluding hydrogens is 266 g/mol. The molecule has 5 atom stereocenters. The fourth-order valence-electron chi connectivity index (χ4n) is 4.16. The molecule has 21 heavy (non-hydrogen) atoms. The summed E-state index contributed by atoms with van der Waals surface area (Å²) in [7, 11) is 1.56. The summed E-state index contributed by atoms with van der Waals surface area (Å²) < 4.78 is 5.38. The Labute approximate surface area is 125 Å². The second kappa shape index (κ2) is 6.16.